The molecule has 0 saturated carbocycles. The molecule has 0 radical (unpaired) electrons. The van der Waals surface area contributed by atoms with Crippen LogP contribution in [0.3, 0.4) is 0 Å². The first kappa shape index (κ1) is 19.2. The largest absolute Gasteiger partial charge is 0.493 e. The molecule has 30 heavy (non-hydrogen) atoms. The molecule has 0 aliphatic carbocycles. The zero-order valence-corrected chi connectivity index (χ0v) is 16.6. The summed E-state index contributed by atoms with van der Waals surface area (Å²) in [5.74, 6) is 0.818. The van der Waals surface area contributed by atoms with Crippen molar-refractivity contribution in [2.24, 2.45) is 0 Å². The van der Waals surface area contributed by atoms with Gasteiger partial charge in [-0.05, 0) is 48.9 Å². The molecule has 0 aliphatic rings. The third-order valence-corrected chi connectivity index (χ3v) is 4.87. The summed E-state index contributed by atoms with van der Waals surface area (Å²) >= 11 is 0. The summed E-state index contributed by atoms with van der Waals surface area (Å²) in [5, 5.41) is 15.1. The molecule has 0 atom stereocenters. The van der Waals surface area contributed by atoms with Crippen molar-refractivity contribution in [2.75, 3.05) is 20.0 Å². The van der Waals surface area contributed by atoms with Crippen molar-refractivity contribution >= 4 is 16.9 Å². The van der Waals surface area contributed by atoms with E-state index in [1.165, 1.54) is 12.1 Å². The van der Waals surface area contributed by atoms with Crippen LogP contribution in [0, 0.1) is 24.1 Å². The number of anilines is 1. The van der Waals surface area contributed by atoms with Crippen molar-refractivity contribution in [3.63, 3.8) is 0 Å². The average Bonchev–Trinajstić information content (AvgIpc) is 3.08. The molecule has 8 heteroatoms. The predicted molar refractivity (Wildman–Crippen MR) is 111 cm³/mol. The average molecular weight is 403 g/mol. The van der Waals surface area contributed by atoms with Gasteiger partial charge in [-0.25, -0.2) is 14.1 Å². The highest BCUT2D eigenvalue weighted by molar-refractivity contribution is 6.00. The lowest BCUT2D eigenvalue weighted by molar-refractivity contribution is 0.355. The highest BCUT2D eigenvalue weighted by Crippen LogP contribution is 2.39. The molecule has 0 aliphatic heterocycles. The van der Waals surface area contributed by atoms with Crippen LogP contribution in [-0.2, 0) is 0 Å². The first-order chi connectivity index (χ1) is 14.5. The zero-order chi connectivity index (χ0) is 21.4. The Labute approximate surface area is 172 Å². The van der Waals surface area contributed by atoms with Crippen molar-refractivity contribution in [3.05, 3.63) is 59.5 Å². The minimum absolute atomic E-state index is 0.0815. The first-order valence-corrected chi connectivity index (χ1v) is 9.05. The number of halogens is 1. The Hall–Kier alpha value is -4.12. The summed E-state index contributed by atoms with van der Waals surface area (Å²) < 4.78 is 25.7. The van der Waals surface area contributed by atoms with Crippen molar-refractivity contribution < 1.29 is 13.9 Å². The van der Waals surface area contributed by atoms with Crippen LogP contribution in [0.1, 0.15) is 11.3 Å². The Balaban J connectivity index is 2.07. The number of pyridine rings is 1. The van der Waals surface area contributed by atoms with Crippen LogP contribution >= 0.6 is 0 Å². The van der Waals surface area contributed by atoms with Crippen LogP contribution in [0.4, 0.5) is 10.2 Å². The molecule has 150 valence electrons. The number of nitrogens with two attached hydrogens (primary N) is 1. The fourth-order valence-electron chi connectivity index (χ4n) is 3.49. The normalized spacial score (nSPS) is 10.8. The van der Waals surface area contributed by atoms with Crippen LogP contribution in [0.15, 0.2) is 42.5 Å². The number of hydrogen-bond acceptors (Lipinski definition) is 6. The molecule has 0 saturated heterocycles. The second-order valence-corrected chi connectivity index (χ2v) is 6.60. The van der Waals surface area contributed by atoms with Gasteiger partial charge in [-0.1, -0.05) is 6.07 Å². The summed E-state index contributed by atoms with van der Waals surface area (Å²) in [5.41, 5.74) is 9.47. The van der Waals surface area contributed by atoms with Crippen LogP contribution in [-0.4, -0.2) is 29.0 Å². The number of methoxy groups -OCH3 is 2. The third kappa shape index (κ3) is 2.97. The number of nitriles is 1. The minimum Gasteiger partial charge on any atom is -0.493 e. The fraction of sp³-hybridized carbons (Fsp3) is 0.136. The summed E-state index contributed by atoms with van der Waals surface area (Å²) in [6.45, 7) is 1.83. The molecule has 2 heterocycles. The summed E-state index contributed by atoms with van der Waals surface area (Å²) in [7, 11) is 3.10. The Morgan fingerprint density at radius 3 is 2.40 bits per heavy atom. The lowest BCUT2D eigenvalue weighted by Gasteiger charge is -2.13. The van der Waals surface area contributed by atoms with E-state index in [4.69, 9.17) is 15.2 Å². The van der Waals surface area contributed by atoms with E-state index in [0.29, 0.717) is 45.0 Å². The number of rotatable bonds is 4. The molecule has 0 amide bonds. The van der Waals surface area contributed by atoms with Gasteiger partial charge in [0.05, 0.1) is 31.0 Å². The number of nitrogen functional groups attached to an aromatic ring is 1. The van der Waals surface area contributed by atoms with Crippen LogP contribution in [0.2, 0.25) is 0 Å². The number of aromatic nitrogens is 3. The molecule has 2 N–H and O–H groups in total. The number of ether oxygens (including phenoxy) is 2. The summed E-state index contributed by atoms with van der Waals surface area (Å²) in [6, 6.07) is 13.4. The molecule has 0 bridgehead atoms. The van der Waals surface area contributed by atoms with Gasteiger partial charge in [-0.2, -0.15) is 10.4 Å². The lowest BCUT2D eigenvalue weighted by atomic mass is 9.96. The van der Waals surface area contributed by atoms with E-state index in [1.807, 2.05) is 13.0 Å². The Bertz CT molecular complexity index is 1310. The number of benzene rings is 2. The van der Waals surface area contributed by atoms with Gasteiger partial charge in [-0.15, -0.1) is 0 Å². The molecule has 4 aromatic rings. The molecule has 4 rings (SSSR count). The minimum atomic E-state index is -0.350. The van der Waals surface area contributed by atoms with Gasteiger partial charge in [0.1, 0.15) is 23.3 Å². The first-order valence-electron chi connectivity index (χ1n) is 9.05. The second-order valence-electron chi connectivity index (χ2n) is 6.60. The number of aryl methyl sites for hydroxylation is 1. The topological polar surface area (TPSA) is 99.0 Å². The second kappa shape index (κ2) is 7.37. The lowest BCUT2D eigenvalue weighted by Crippen LogP contribution is -2.03. The SMILES string of the molecule is COc1ccc(-c2c(C#N)c(N)nc3c2c(C)nn3-c2ccc(F)cc2)cc1OC. The van der Waals surface area contributed by atoms with E-state index in [1.54, 1.807) is 43.2 Å². The van der Waals surface area contributed by atoms with E-state index >= 15 is 0 Å². The van der Waals surface area contributed by atoms with E-state index in [2.05, 4.69) is 16.2 Å². The number of nitrogens with zero attached hydrogens (tertiary/aromatic N) is 4. The van der Waals surface area contributed by atoms with Crippen molar-refractivity contribution in [1.29, 1.82) is 5.26 Å². The van der Waals surface area contributed by atoms with E-state index in [-0.39, 0.29) is 17.2 Å². The number of fused-ring (bicyclic) bond motifs is 1. The highest BCUT2D eigenvalue weighted by Gasteiger charge is 2.22. The van der Waals surface area contributed by atoms with Crippen molar-refractivity contribution in [3.8, 4) is 34.4 Å². The fourth-order valence-corrected chi connectivity index (χ4v) is 3.49. The molecule has 0 spiro atoms. The third-order valence-electron chi connectivity index (χ3n) is 4.87. The monoisotopic (exact) mass is 403 g/mol. The van der Waals surface area contributed by atoms with Crippen molar-refractivity contribution in [1.82, 2.24) is 14.8 Å². The van der Waals surface area contributed by atoms with Crippen LogP contribution in [0.25, 0.3) is 27.8 Å². The quantitative estimate of drug-likeness (QED) is 0.553. The van der Waals surface area contributed by atoms with Gasteiger partial charge in [0.2, 0.25) is 0 Å². The Morgan fingerprint density at radius 2 is 1.77 bits per heavy atom. The molecule has 0 fully saturated rings. The summed E-state index contributed by atoms with van der Waals surface area (Å²) in [6.07, 6.45) is 0. The smallest absolute Gasteiger partial charge is 0.166 e. The van der Waals surface area contributed by atoms with Gasteiger partial charge in [0.15, 0.2) is 17.1 Å². The van der Waals surface area contributed by atoms with Crippen molar-refractivity contribution in [2.45, 2.75) is 6.92 Å². The molecular weight excluding hydrogens is 385 g/mol. The van der Waals surface area contributed by atoms with Gasteiger partial charge in [0.25, 0.3) is 0 Å². The Kier molecular flexibility index (Phi) is 4.72. The zero-order valence-electron chi connectivity index (χ0n) is 16.6. The molecule has 0 unspecified atom stereocenters. The standard InChI is InChI=1S/C22H18FN5O2/c1-12-19-20(13-4-9-17(29-2)18(10-13)30-3)16(11-24)21(25)26-22(19)28(27-12)15-7-5-14(23)6-8-15/h4-10H,1-3H3,(H2,25,26). The highest BCUT2D eigenvalue weighted by atomic mass is 19.1. The maximum Gasteiger partial charge on any atom is 0.166 e. The van der Waals surface area contributed by atoms with Gasteiger partial charge in [0, 0.05) is 5.56 Å². The summed E-state index contributed by atoms with van der Waals surface area (Å²) in [4.78, 5) is 4.43. The van der Waals surface area contributed by atoms with Gasteiger partial charge >= 0.3 is 0 Å². The Morgan fingerprint density at radius 1 is 1.07 bits per heavy atom. The van der Waals surface area contributed by atoms with Gasteiger partial charge < -0.3 is 15.2 Å². The van der Waals surface area contributed by atoms with E-state index < -0.39 is 0 Å². The predicted octanol–water partition coefficient (Wildman–Crippen LogP) is 4.01. The van der Waals surface area contributed by atoms with Gasteiger partial charge in [-0.3, -0.25) is 0 Å². The molecule has 2 aromatic heterocycles. The van der Waals surface area contributed by atoms with Crippen LogP contribution < -0.4 is 15.2 Å². The maximum absolute atomic E-state index is 13.4. The number of hydrogen-bond donors (Lipinski definition) is 1. The molecular formula is C22H18FN5O2. The van der Waals surface area contributed by atoms with E-state index in [0.717, 1.165) is 0 Å². The maximum atomic E-state index is 13.4. The van der Waals surface area contributed by atoms with Crippen LogP contribution in [0.5, 0.6) is 11.5 Å². The molecule has 7 nitrogen and oxygen atoms in total. The van der Waals surface area contributed by atoms with E-state index in [9.17, 15) is 9.65 Å². The molecule has 2 aromatic carbocycles.